The van der Waals surface area contributed by atoms with Crippen LogP contribution in [0.5, 0.6) is 5.75 Å². The lowest BCUT2D eigenvalue weighted by Crippen LogP contribution is -2.26. The lowest BCUT2D eigenvalue weighted by Gasteiger charge is -2.19. The zero-order valence-corrected chi connectivity index (χ0v) is 10.4. The molecule has 18 heavy (non-hydrogen) atoms. The van der Waals surface area contributed by atoms with Crippen molar-refractivity contribution in [2.45, 2.75) is 18.9 Å². The topological polar surface area (TPSA) is 77.1 Å². The summed E-state index contributed by atoms with van der Waals surface area (Å²) in [5, 5.41) is 9.41. The van der Waals surface area contributed by atoms with E-state index in [9.17, 15) is 5.11 Å². The molecular formula is C13H18N2O3. The summed E-state index contributed by atoms with van der Waals surface area (Å²) in [7, 11) is 1.63. The van der Waals surface area contributed by atoms with Crippen LogP contribution in [0.2, 0.25) is 0 Å². The fourth-order valence-corrected chi connectivity index (χ4v) is 1.87. The Labute approximate surface area is 106 Å². The largest absolute Gasteiger partial charge is 0.490 e. The number of hydrogen-bond donors (Lipinski definition) is 2. The van der Waals surface area contributed by atoms with E-state index in [1.807, 2.05) is 18.2 Å². The minimum Gasteiger partial charge on any atom is -0.490 e. The lowest BCUT2D eigenvalue weighted by molar-refractivity contribution is 0.113. The molecule has 1 unspecified atom stereocenters. The Morgan fingerprint density at radius 1 is 1.44 bits per heavy atom. The number of fused-ring (bicyclic) bond motifs is 1. The zero-order chi connectivity index (χ0) is 13.0. The van der Waals surface area contributed by atoms with Crippen molar-refractivity contribution in [1.29, 1.82) is 0 Å². The molecule has 1 aliphatic rings. The first-order valence-corrected chi connectivity index (χ1v) is 5.99. The number of methoxy groups -OCH3 is 1. The summed E-state index contributed by atoms with van der Waals surface area (Å²) in [5.74, 6) is 1.50. The van der Waals surface area contributed by atoms with Gasteiger partial charge in [-0.3, -0.25) is 0 Å². The minimum absolute atomic E-state index is 0.195. The molecule has 98 valence electrons. The molecule has 0 saturated carbocycles. The number of hydrogen-bond acceptors (Lipinski definition) is 5. The zero-order valence-electron chi connectivity index (χ0n) is 10.4. The molecule has 1 aromatic carbocycles. The van der Waals surface area contributed by atoms with Crippen molar-refractivity contribution in [3.05, 3.63) is 23.8 Å². The second-order valence-corrected chi connectivity index (χ2v) is 4.16. The van der Waals surface area contributed by atoms with Crippen LogP contribution in [0.1, 0.15) is 12.0 Å². The Kier molecular flexibility index (Phi) is 4.17. The van der Waals surface area contributed by atoms with Crippen LogP contribution in [0.15, 0.2) is 23.2 Å². The number of rotatable bonds is 4. The van der Waals surface area contributed by atoms with Crippen molar-refractivity contribution >= 4 is 11.6 Å². The van der Waals surface area contributed by atoms with Gasteiger partial charge < -0.3 is 20.3 Å². The lowest BCUT2D eigenvalue weighted by atomic mass is 10.0. The molecule has 1 heterocycles. The molecule has 0 saturated heterocycles. The molecule has 1 atom stereocenters. The molecule has 0 radical (unpaired) electrons. The maximum atomic E-state index is 9.41. The quantitative estimate of drug-likeness (QED) is 0.836. The normalized spacial score (nSPS) is 15.6. The Morgan fingerprint density at radius 2 is 2.28 bits per heavy atom. The van der Waals surface area contributed by atoms with E-state index >= 15 is 0 Å². The molecule has 5 heteroatoms. The highest BCUT2D eigenvalue weighted by atomic mass is 16.5. The number of benzene rings is 1. The first-order chi connectivity index (χ1) is 8.74. The molecule has 0 aromatic heterocycles. The minimum atomic E-state index is -0.637. The Bertz CT molecular complexity index is 446. The van der Waals surface area contributed by atoms with E-state index < -0.39 is 6.10 Å². The van der Waals surface area contributed by atoms with Crippen molar-refractivity contribution < 1.29 is 14.6 Å². The molecule has 0 aliphatic carbocycles. The van der Waals surface area contributed by atoms with E-state index in [0.717, 1.165) is 35.7 Å². The van der Waals surface area contributed by atoms with Gasteiger partial charge in [-0.25, -0.2) is 4.99 Å². The summed E-state index contributed by atoms with van der Waals surface area (Å²) in [5.41, 5.74) is 7.27. The molecule has 0 fully saturated rings. The Balaban J connectivity index is 2.16. The number of aliphatic imine (C=N–C) groups is 1. The third-order valence-electron chi connectivity index (χ3n) is 2.88. The smallest absolute Gasteiger partial charge is 0.188 e. The standard InChI is InChI=1S/C13H18N2O3/c1-17-13-6-5-10-11(15-13)3-2-4-12(10)18-8-9(16)7-14/h2-4,9,16H,5-8,14H2,1H3. The molecular weight excluding hydrogens is 232 g/mol. The van der Waals surface area contributed by atoms with Gasteiger partial charge in [-0.15, -0.1) is 0 Å². The number of ether oxygens (including phenoxy) is 2. The van der Waals surface area contributed by atoms with Gasteiger partial charge in [0, 0.05) is 18.5 Å². The van der Waals surface area contributed by atoms with E-state index in [-0.39, 0.29) is 13.2 Å². The van der Waals surface area contributed by atoms with Crippen molar-refractivity contribution in [2.75, 3.05) is 20.3 Å². The first kappa shape index (κ1) is 12.9. The van der Waals surface area contributed by atoms with E-state index in [1.54, 1.807) is 7.11 Å². The second-order valence-electron chi connectivity index (χ2n) is 4.16. The van der Waals surface area contributed by atoms with Crippen LogP contribution in [0.3, 0.4) is 0 Å². The van der Waals surface area contributed by atoms with Gasteiger partial charge in [0.05, 0.1) is 12.8 Å². The van der Waals surface area contributed by atoms with Crippen LogP contribution >= 0.6 is 0 Å². The highest BCUT2D eigenvalue weighted by Crippen LogP contribution is 2.33. The number of nitrogens with two attached hydrogens (primary N) is 1. The molecule has 0 amide bonds. The molecule has 5 nitrogen and oxygen atoms in total. The van der Waals surface area contributed by atoms with Crippen LogP contribution in [0, 0.1) is 0 Å². The van der Waals surface area contributed by atoms with Gasteiger partial charge in [-0.2, -0.15) is 0 Å². The number of nitrogens with zero attached hydrogens (tertiary/aromatic N) is 1. The third kappa shape index (κ3) is 2.80. The molecule has 1 aromatic rings. The monoisotopic (exact) mass is 250 g/mol. The van der Waals surface area contributed by atoms with Crippen LogP contribution in [0.25, 0.3) is 0 Å². The summed E-state index contributed by atoms with van der Waals surface area (Å²) < 4.78 is 10.7. The van der Waals surface area contributed by atoms with E-state index in [2.05, 4.69) is 4.99 Å². The molecule has 1 aliphatic heterocycles. The van der Waals surface area contributed by atoms with E-state index in [1.165, 1.54) is 0 Å². The maximum absolute atomic E-state index is 9.41. The highest BCUT2D eigenvalue weighted by molar-refractivity contribution is 5.82. The number of aliphatic hydroxyl groups excluding tert-OH is 1. The van der Waals surface area contributed by atoms with Crippen LogP contribution < -0.4 is 10.5 Å². The van der Waals surface area contributed by atoms with Gasteiger partial charge in [-0.05, 0) is 18.6 Å². The molecule has 0 spiro atoms. The van der Waals surface area contributed by atoms with Crippen molar-refractivity contribution in [2.24, 2.45) is 10.7 Å². The Hall–Kier alpha value is -1.59. The fourth-order valence-electron chi connectivity index (χ4n) is 1.87. The fraction of sp³-hybridized carbons (Fsp3) is 0.462. The van der Waals surface area contributed by atoms with Gasteiger partial charge in [0.1, 0.15) is 18.5 Å². The maximum Gasteiger partial charge on any atom is 0.188 e. The van der Waals surface area contributed by atoms with Crippen molar-refractivity contribution in [1.82, 2.24) is 0 Å². The Morgan fingerprint density at radius 3 is 3.00 bits per heavy atom. The first-order valence-electron chi connectivity index (χ1n) is 5.99. The van der Waals surface area contributed by atoms with Gasteiger partial charge in [0.15, 0.2) is 5.90 Å². The predicted molar refractivity (Wildman–Crippen MR) is 69.4 cm³/mol. The third-order valence-corrected chi connectivity index (χ3v) is 2.88. The van der Waals surface area contributed by atoms with Gasteiger partial charge in [-0.1, -0.05) is 6.07 Å². The van der Waals surface area contributed by atoms with Crippen LogP contribution in [-0.2, 0) is 11.2 Å². The SMILES string of the molecule is COC1=Nc2cccc(OCC(O)CN)c2CC1. The average molecular weight is 250 g/mol. The summed E-state index contributed by atoms with van der Waals surface area (Å²) >= 11 is 0. The predicted octanol–water partition coefficient (Wildman–Crippen LogP) is 1.01. The van der Waals surface area contributed by atoms with E-state index in [0.29, 0.717) is 0 Å². The van der Waals surface area contributed by atoms with Gasteiger partial charge in [0.2, 0.25) is 0 Å². The van der Waals surface area contributed by atoms with Gasteiger partial charge in [0.25, 0.3) is 0 Å². The molecule has 0 bridgehead atoms. The summed E-state index contributed by atoms with van der Waals surface area (Å²) in [6, 6.07) is 5.69. The number of aliphatic hydroxyl groups is 1. The van der Waals surface area contributed by atoms with Gasteiger partial charge >= 0.3 is 0 Å². The second kappa shape index (κ2) is 5.84. The van der Waals surface area contributed by atoms with Crippen molar-refractivity contribution in [3.63, 3.8) is 0 Å². The summed E-state index contributed by atoms with van der Waals surface area (Å²) in [6.45, 7) is 0.398. The molecule has 3 N–H and O–H groups in total. The average Bonchev–Trinajstić information content (AvgIpc) is 2.43. The molecule has 2 rings (SSSR count). The highest BCUT2D eigenvalue weighted by Gasteiger charge is 2.17. The van der Waals surface area contributed by atoms with Crippen LogP contribution in [0.4, 0.5) is 5.69 Å². The van der Waals surface area contributed by atoms with Crippen molar-refractivity contribution in [3.8, 4) is 5.75 Å². The summed E-state index contributed by atoms with van der Waals surface area (Å²) in [4.78, 5) is 4.40. The summed E-state index contributed by atoms with van der Waals surface area (Å²) in [6.07, 6.45) is 0.961. The van der Waals surface area contributed by atoms with E-state index in [4.69, 9.17) is 15.2 Å². The van der Waals surface area contributed by atoms with Crippen LogP contribution in [-0.4, -0.2) is 37.4 Å².